The summed E-state index contributed by atoms with van der Waals surface area (Å²) in [5.41, 5.74) is 0. The fourth-order valence-corrected chi connectivity index (χ4v) is 8.91. The van der Waals surface area contributed by atoms with Crippen LogP contribution in [0.2, 0.25) is 0 Å². The number of likely N-dealkylation sites (N-methyl/N-ethyl adjacent to an activating group) is 1. The molecule has 0 N–H and O–H groups in total. The second kappa shape index (κ2) is 47.8. The van der Waals surface area contributed by atoms with E-state index in [1.807, 2.05) is 21.1 Å². The summed E-state index contributed by atoms with van der Waals surface area (Å²) in [7, 11) is 1.18. The maximum atomic E-state index is 12.8. The Morgan fingerprint density at radius 1 is 0.462 bits per heavy atom. The van der Waals surface area contributed by atoms with Gasteiger partial charge in [-0.1, -0.05) is 238 Å². The lowest BCUT2D eigenvalue weighted by molar-refractivity contribution is -0.870. The van der Waals surface area contributed by atoms with E-state index in [9.17, 15) is 19.0 Å². The van der Waals surface area contributed by atoms with Crippen LogP contribution >= 0.6 is 7.82 Å². The van der Waals surface area contributed by atoms with Crippen LogP contribution in [0, 0.1) is 0 Å². The summed E-state index contributed by atoms with van der Waals surface area (Å²) in [6.45, 7) is 4.29. The number of phosphoric ester groups is 1. The Bertz CT molecular complexity index is 1110. The van der Waals surface area contributed by atoms with Crippen molar-refractivity contribution >= 4 is 19.8 Å². The minimum absolute atomic E-state index is 0.0275. The minimum atomic E-state index is -4.63. The van der Waals surface area contributed by atoms with E-state index in [2.05, 4.69) is 26.0 Å². The van der Waals surface area contributed by atoms with Crippen LogP contribution in [0.25, 0.3) is 0 Å². The summed E-state index contributed by atoms with van der Waals surface area (Å²) in [6, 6.07) is 0. The van der Waals surface area contributed by atoms with Crippen LogP contribution in [0.15, 0.2) is 12.2 Å². The van der Waals surface area contributed by atoms with Gasteiger partial charge < -0.3 is 27.9 Å². The summed E-state index contributed by atoms with van der Waals surface area (Å²) in [4.78, 5) is 37.8. The topological polar surface area (TPSA) is 111 Å². The second-order valence-electron chi connectivity index (χ2n) is 20.3. The third kappa shape index (κ3) is 52.0. The molecule has 0 fully saturated rings. The van der Waals surface area contributed by atoms with Gasteiger partial charge in [0.2, 0.25) is 0 Å². The van der Waals surface area contributed by atoms with Crippen LogP contribution in [0.1, 0.15) is 277 Å². The molecule has 0 heterocycles. The number of phosphoric acid groups is 1. The monoisotopic (exact) mass is 942 g/mol. The van der Waals surface area contributed by atoms with E-state index in [-0.39, 0.29) is 32.0 Å². The van der Waals surface area contributed by atoms with Crippen LogP contribution in [-0.4, -0.2) is 70.0 Å². The quantitative estimate of drug-likeness (QED) is 0.0195. The van der Waals surface area contributed by atoms with Gasteiger partial charge in [0, 0.05) is 12.8 Å². The first-order valence-corrected chi connectivity index (χ1v) is 29.4. The number of hydrogen-bond acceptors (Lipinski definition) is 8. The molecule has 0 aromatic rings. The smallest absolute Gasteiger partial charge is 0.306 e. The molecule has 2 atom stereocenters. The zero-order valence-electron chi connectivity index (χ0n) is 43.7. The number of unbranched alkanes of at least 4 members (excludes halogenated alkanes) is 36. The van der Waals surface area contributed by atoms with Crippen LogP contribution in [-0.2, 0) is 32.7 Å². The summed E-state index contributed by atoms with van der Waals surface area (Å²) in [5.74, 6) is -0.818. The first-order valence-electron chi connectivity index (χ1n) is 27.9. The van der Waals surface area contributed by atoms with Crippen molar-refractivity contribution in [3.05, 3.63) is 12.2 Å². The molecule has 9 nitrogen and oxygen atoms in total. The SMILES string of the molecule is CCCCCCCC/C=C\CCCCCCCCCCCC(=O)OC(COC(=O)CCCCCCCCCCCCCCCCCCCCCCCC)COP(=O)([O-])OCC[N+](C)(C)C. The van der Waals surface area contributed by atoms with E-state index in [4.69, 9.17) is 18.5 Å². The zero-order valence-corrected chi connectivity index (χ0v) is 44.6. The molecule has 386 valence electrons. The van der Waals surface area contributed by atoms with E-state index >= 15 is 0 Å². The Morgan fingerprint density at radius 3 is 1.14 bits per heavy atom. The molecule has 0 spiro atoms. The maximum absolute atomic E-state index is 12.8. The highest BCUT2D eigenvalue weighted by Crippen LogP contribution is 2.38. The summed E-state index contributed by atoms with van der Waals surface area (Å²) < 4.78 is 34.1. The Labute approximate surface area is 403 Å². The van der Waals surface area contributed by atoms with E-state index in [1.54, 1.807) is 0 Å². The van der Waals surface area contributed by atoms with Crippen LogP contribution in [0.5, 0.6) is 0 Å². The Balaban J connectivity index is 4.15. The number of carbonyl (C=O) groups excluding carboxylic acids is 2. The molecule has 65 heavy (non-hydrogen) atoms. The van der Waals surface area contributed by atoms with E-state index in [0.29, 0.717) is 17.4 Å². The standard InChI is InChI=1S/C55H108NO8P/c1-6-8-10-12-14-16-18-20-22-24-26-27-28-30-31-33-35-37-39-41-43-45-47-54(57)61-51-53(52-63-65(59,60)62-50-49-56(3,4)5)64-55(58)48-46-44-42-40-38-36-34-32-29-25-23-21-19-17-15-13-11-9-7-2/h21,23,53H,6-20,22,24-52H2,1-5H3/b23-21-. The average molecular weight is 942 g/mol. The van der Waals surface area contributed by atoms with Crippen molar-refractivity contribution in [1.29, 1.82) is 0 Å². The zero-order chi connectivity index (χ0) is 47.8. The molecule has 0 aliphatic rings. The van der Waals surface area contributed by atoms with Gasteiger partial charge in [0.1, 0.15) is 19.8 Å². The van der Waals surface area contributed by atoms with Crippen molar-refractivity contribution in [1.82, 2.24) is 0 Å². The van der Waals surface area contributed by atoms with Gasteiger partial charge in [-0.05, 0) is 38.5 Å². The van der Waals surface area contributed by atoms with E-state index < -0.39 is 26.5 Å². The number of carbonyl (C=O) groups is 2. The highest BCUT2D eigenvalue weighted by molar-refractivity contribution is 7.45. The highest BCUT2D eigenvalue weighted by Gasteiger charge is 2.22. The van der Waals surface area contributed by atoms with Crippen molar-refractivity contribution in [3.63, 3.8) is 0 Å². The maximum Gasteiger partial charge on any atom is 0.306 e. The fraction of sp³-hybridized carbons (Fsp3) is 0.927. The van der Waals surface area contributed by atoms with Gasteiger partial charge in [-0.25, -0.2) is 0 Å². The van der Waals surface area contributed by atoms with Crippen molar-refractivity contribution in [2.75, 3.05) is 47.5 Å². The summed E-state index contributed by atoms with van der Waals surface area (Å²) >= 11 is 0. The fourth-order valence-electron chi connectivity index (χ4n) is 8.18. The number of hydrogen-bond donors (Lipinski definition) is 0. The number of quaternary nitrogens is 1. The lowest BCUT2D eigenvalue weighted by atomic mass is 10.0. The predicted octanol–water partition coefficient (Wildman–Crippen LogP) is 16.2. The number of esters is 2. The molecular weight excluding hydrogens is 834 g/mol. The molecule has 0 aromatic heterocycles. The molecular formula is C55H108NO8P. The lowest BCUT2D eigenvalue weighted by Gasteiger charge is -2.28. The van der Waals surface area contributed by atoms with Crippen LogP contribution in [0.3, 0.4) is 0 Å². The molecule has 0 radical (unpaired) electrons. The molecule has 0 aliphatic carbocycles. The number of rotatable bonds is 52. The number of nitrogens with zero attached hydrogens (tertiary/aromatic N) is 1. The van der Waals surface area contributed by atoms with E-state index in [0.717, 1.165) is 38.5 Å². The van der Waals surface area contributed by atoms with Crippen molar-refractivity contribution in [3.8, 4) is 0 Å². The van der Waals surface area contributed by atoms with Gasteiger partial charge in [-0.15, -0.1) is 0 Å². The Kier molecular flexibility index (Phi) is 46.9. The lowest BCUT2D eigenvalue weighted by Crippen LogP contribution is -2.37. The molecule has 0 saturated carbocycles. The number of ether oxygens (including phenoxy) is 2. The van der Waals surface area contributed by atoms with Gasteiger partial charge in [0.25, 0.3) is 7.82 Å². The number of allylic oxidation sites excluding steroid dienone is 2. The average Bonchev–Trinajstić information content (AvgIpc) is 3.26. The van der Waals surface area contributed by atoms with Crippen molar-refractivity contribution in [2.45, 2.75) is 283 Å². The van der Waals surface area contributed by atoms with Crippen molar-refractivity contribution < 1.29 is 42.1 Å². The second-order valence-corrected chi connectivity index (χ2v) is 21.7. The van der Waals surface area contributed by atoms with Gasteiger partial charge in [-0.2, -0.15) is 0 Å². The summed E-state index contributed by atoms with van der Waals surface area (Å²) in [5, 5.41) is 0. The van der Waals surface area contributed by atoms with Gasteiger partial charge in [-0.3, -0.25) is 14.2 Å². The van der Waals surface area contributed by atoms with Crippen molar-refractivity contribution in [2.24, 2.45) is 0 Å². The van der Waals surface area contributed by atoms with Gasteiger partial charge >= 0.3 is 11.9 Å². The molecule has 0 aliphatic heterocycles. The first kappa shape index (κ1) is 63.8. The van der Waals surface area contributed by atoms with Crippen LogP contribution in [0.4, 0.5) is 0 Å². The normalized spacial score (nSPS) is 13.4. The minimum Gasteiger partial charge on any atom is -0.756 e. The van der Waals surface area contributed by atoms with Crippen LogP contribution < -0.4 is 4.89 Å². The molecule has 2 unspecified atom stereocenters. The van der Waals surface area contributed by atoms with Gasteiger partial charge in [0.05, 0.1) is 27.7 Å². The third-order valence-corrected chi connectivity index (χ3v) is 13.5. The molecule has 0 saturated heterocycles. The third-order valence-electron chi connectivity index (χ3n) is 12.5. The Hall–Kier alpha value is -1.25. The Morgan fingerprint density at radius 2 is 0.785 bits per heavy atom. The van der Waals surface area contributed by atoms with E-state index in [1.165, 1.54) is 205 Å². The van der Waals surface area contributed by atoms with Gasteiger partial charge in [0.15, 0.2) is 6.10 Å². The molecule has 0 amide bonds. The molecule has 10 heteroatoms. The molecule has 0 rings (SSSR count). The first-order chi connectivity index (χ1) is 31.5. The predicted molar refractivity (Wildman–Crippen MR) is 273 cm³/mol. The molecule has 0 bridgehead atoms. The highest BCUT2D eigenvalue weighted by atomic mass is 31.2. The largest absolute Gasteiger partial charge is 0.756 e. The summed E-state index contributed by atoms with van der Waals surface area (Å²) in [6.07, 6.45) is 53.9. The molecule has 0 aromatic carbocycles.